The lowest BCUT2D eigenvalue weighted by molar-refractivity contribution is 0.191. The summed E-state index contributed by atoms with van der Waals surface area (Å²) in [5, 5.41) is 3.81. The maximum Gasteiger partial charge on any atom is 0.0462 e. The number of methoxy groups -OCH3 is 1. The summed E-state index contributed by atoms with van der Waals surface area (Å²) in [4.78, 5) is 0. The minimum Gasteiger partial charge on any atom is -0.385 e. The standard InChI is InChI=1S/C18H29NO/c1-20-15-9-3-8-14-19-18-13-7-6-12-17(18)16-10-4-2-5-11-16/h2,4-5,10-11,17-19H,3,6-9,12-15H2,1H3. The summed E-state index contributed by atoms with van der Waals surface area (Å²) in [5.74, 6) is 0.712. The maximum atomic E-state index is 5.09. The highest BCUT2D eigenvalue weighted by Crippen LogP contribution is 2.32. The summed E-state index contributed by atoms with van der Waals surface area (Å²) >= 11 is 0. The van der Waals surface area contributed by atoms with Crippen LogP contribution in [-0.2, 0) is 4.74 Å². The number of rotatable bonds is 8. The van der Waals surface area contributed by atoms with E-state index < -0.39 is 0 Å². The molecule has 0 saturated heterocycles. The fourth-order valence-electron chi connectivity index (χ4n) is 3.31. The Labute approximate surface area is 123 Å². The first-order valence-corrected chi connectivity index (χ1v) is 8.19. The van der Waals surface area contributed by atoms with Gasteiger partial charge in [-0.05, 0) is 50.1 Å². The van der Waals surface area contributed by atoms with Gasteiger partial charge in [0, 0.05) is 19.8 Å². The van der Waals surface area contributed by atoms with Crippen molar-refractivity contribution >= 4 is 0 Å². The second kappa shape index (κ2) is 9.15. The van der Waals surface area contributed by atoms with Crippen molar-refractivity contribution in [2.24, 2.45) is 0 Å². The van der Waals surface area contributed by atoms with Gasteiger partial charge in [-0.1, -0.05) is 43.2 Å². The third kappa shape index (κ3) is 4.92. The van der Waals surface area contributed by atoms with Gasteiger partial charge in [0.25, 0.3) is 0 Å². The predicted octanol–water partition coefficient (Wildman–Crippen LogP) is 4.12. The highest BCUT2D eigenvalue weighted by atomic mass is 16.5. The summed E-state index contributed by atoms with van der Waals surface area (Å²) in [6, 6.07) is 11.7. The Morgan fingerprint density at radius 3 is 2.65 bits per heavy atom. The Bertz CT molecular complexity index is 352. The average Bonchev–Trinajstić information content (AvgIpc) is 2.52. The molecule has 1 aromatic rings. The molecule has 1 aromatic carbocycles. The molecule has 1 N–H and O–H groups in total. The molecule has 0 spiro atoms. The van der Waals surface area contributed by atoms with E-state index >= 15 is 0 Å². The van der Waals surface area contributed by atoms with E-state index in [1.54, 1.807) is 7.11 Å². The highest BCUT2D eigenvalue weighted by Gasteiger charge is 2.25. The molecule has 2 atom stereocenters. The normalized spacial score (nSPS) is 22.9. The molecule has 0 radical (unpaired) electrons. The van der Waals surface area contributed by atoms with Gasteiger partial charge in [-0.2, -0.15) is 0 Å². The van der Waals surface area contributed by atoms with Gasteiger partial charge in [0.15, 0.2) is 0 Å². The van der Waals surface area contributed by atoms with Crippen molar-refractivity contribution in [1.29, 1.82) is 0 Å². The Morgan fingerprint density at radius 2 is 1.85 bits per heavy atom. The molecule has 1 aliphatic rings. The van der Waals surface area contributed by atoms with E-state index in [1.807, 2.05) is 0 Å². The van der Waals surface area contributed by atoms with E-state index in [-0.39, 0.29) is 0 Å². The zero-order valence-corrected chi connectivity index (χ0v) is 12.8. The summed E-state index contributed by atoms with van der Waals surface area (Å²) in [5.41, 5.74) is 1.52. The number of benzene rings is 1. The minimum absolute atomic E-state index is 0.675. The van der Waals surface area contributed by atoms with Gasteiger partial charge in [-0.25, -0.2) is 0 Å². The largest absolute Gasteiger partial charge is 0.385 e. The van der Waals surface area contributed by atoms with Crippen LogP contribution in [0.4, 0.5) is 0 Å². The molecule has 2 heteroatoms. The first kappa shape index (κ1) is 15.5. The molecule has 2 nitrogen and oxygen atoms in total. The van der Waals surface area contributed by atoms with Gasteiger partial charge in [0.2, 0.25) is 0 Å². The van der Waals surface area contributed by atoms with Crippen LogP contribution in [0.15, 0.2) is 30.3 Å². The quantitative estimate of drug-likeness (QED) is 0.721. The highest BCUT2D eigenvalue weighted by molar-refractivity contribution is 5.21. The molecule has 1 fully saturated rings. The minimum atomic E-state index is 0.675. The van der Waals surface area contributed by atoms with Crippen LogP contribution in [0.5, 0.6) is 0 Å². The summed E-state index contributed by atoms with van der Waals surface area (Å²) in [7, 11) is 1.78. The third-order valence-electron chi connectivity index (χ3n) is 4.43. The van der Waals surface area contributed by atoms with E-state index in [1.165, 1.54) is 50.5 Å². The molecule has 112 valence electrons. The molecule has 0 bridgehead atoms. The van der Waals surface area contributed by atoms with Crippen LogP contribution in [-0.4, -0.2) is 26.3 Å². The van der Waals surface area contributed by atoms with Crippen molar-refractivity contribution in [3.05, 3.63) is 35.9 Å². The number of nitrogens with one attached hydrogen (secondary N) is 1. The molecule has 0 aromatic heterocycles. The first-order chi connectivity index (χ1) is 9.92. The molecule has 1 saturated carbocycles. The smallest absolute Gasteiger partial charge is 0.0462 e. The average molecular weight is 275 g/mol. The van der Waals surface area contributed by atoms with Crippen molar-refractivity contribution < 1.29 is 4.74 Å². The Balaban J connectivity index is 1.76. The lowest BCUT2D eigenvalue weighted by Crippen LogP contribution is -2.37. The Morgan fingerprint density at radius 1 is 1.05 bits per heavy atom. The molecule has 0 aliphatic heterocycles. The predicted molar refractivity (Wildman–Crippen MR) is 85.2 cm³/mol. The molecule has 2 unspecified atom stereocenters. The molecule has 1 aliphatic carbocycles. The molecule has 2 rings (SSSR count). The molecule has 20 heavy (non-hydrogen) atoms. The van der Waals surface area contributed by atoms with Crippen molar-refractivity contribution in [2.75, 3.05) is 20.3 Å². The zero-order valence-electron chi connectivity index (χ0n) is 12.8. The molecule has 0 heterocycles. The number of unbranched alkanes of at least 4 members (excludes halogenated alkanes) is 2. The number of hydrogen-bond acceptors (Lipinski definition) is 2. The Kier molecular flexibility index (Phi) is 7.10. The fraction of sp³-hybridized carbons (Fsp3) is 0.667. The first-order valence-electron chi connectivity index (χ1n) is 8.19. The van der Waals surface area contributed by atoms with Crippen LogP contribution >= 0.6 is 0 Å². The summed E-state index contributed by atoms with van der Waals surface area (Å²) in [6.07, 6.45) is 9.15. The fourth-order valence-corrected chi connectivity index (χ4v) is 3.31. The van der Waals surface area contributed by atoms with Crippen LogP contribution in [0.3, 0.4) is 0 Å². The van der Waals surface area contributed by atoms with Crippen LogP contribution in [0.1, 0.15) is 56.4 Å². The van der Waals surface area contributed by atoms with Gasteiger partial charge in [-0.3, -0.25) is 0 Å². The monoisotopic (exact) mass is 275 g/mol. The van der Waals surface area contributed by atoms with E-state index in [0.29, 0.717) is 12.0 Å². The van der Waals surface area contributed by atoms with Crippen LogP contribution in [0.25, 0.3) is 0 Å². The third-order valence-corrected chi connectivity index (χ3v) is 4.43. The van der Waals surface area contributed by atoms with Gasteiger partial charge >= 0.3 is 0 Å². The van der Waals surface area contributed by atoms with Crippen LogP contribution < -0.4 is 5.32 Å². The number of ether oxygens (including phenoxy) is 1. The van der Waals surface area contributed by atoms with E-state index in [4.69, 9.17) is 4.74 Å². The van der Waals surface area contributed by atoms with Crippen molar-refractivity contribution in [2.45, 2.75) is 56.9 Å². The van der Waals surface area contributed by atoms with E-state index in [2.05, 4.69) is 35.6 Å². The van der Waals surface area contributed by atoms with Gasteiger partial charge < -0.3 is 10.1 Å². The van der Waals surface area contributed by atoms with Crippen LogP contribution in [0, 0.1) is 0 Å². The SMILES string of the molecule is COCCCCCNC1CCCCC1c1ccccc1. The number of hydrogen-bond donors (Lipinski definition) is 1. The van der Waals surface area contributed by atoms with Crippen LogP contribution in [0.2, 0.25) is 0 Å². The molecular weight excluding hydrogens is 246 g/mol. The van der Waals surface area contributed by atoms with Gasteiger partial charge in [0.1, 0.15) is 0 Å². The summed E-state index contributed by atoms with van der Waals surface area (Å²) < 4.78 is 5.09. The second-order valence-corrected chi connectivity index (χ2v) is 5.92. The lowest BCUT2D eigenvalue weighted by atomic mass is 9.80. The second-order valence-electron chi connectivity index (χ2n) is 5.92. The molecular formula is C18H29NO. The topological polar surface area (TPSA) is 21.3 Å². The van der Waals surface area contributed by atoms with E-state index in [0.717, 1.165) is 13.2 Å². The summed E-state index contributed by atoms with van der Waals surface area (Å²) in [6.45, 7) is 2.05. The Hall–Kier alpha value is -0.860. The van der Waals surface area contributed by atoms with Crippen molar-refractivity contribution in [1.82, 2.24) is 5.32 Å². The van der Waals surface area contributed by atoms with E-state index in [9.17, 15) is 0 Å². The zero-order chi connectivity index (χ0) is 14.0. The van der Waals surface area contributed by atoms with Crippen molar-refractivity contribution in [3.8, 4) is 0 Å². The molecule has 0 amide bonds. The van der Waals surface area contributed by atoms with Crippen molar-refractivity contribution in [3.63, 3.8) is 0 Å². The van der Waals surface area contributed by atoms with Gasteiger partial charge in [-0.15, -0.1) is 0 Å². The van der Waals surface area contributed by atoms with Gasteiger partial charge in [0.05, 0.1) is 0 Å². The lowest BCUT2D eigenvalue weighted by Gasteiger charge is -2.33. The maximum absolute atomic E-state index is 5.09.